The van der Waals surface area contributed by atoms with Crippen molar-refractivity contribution in [1.29, 1.82) is 0 Å². The Balaban J connectivity index is 2.28. The van der Waals surface area contributed by atoms with Crippen molar-refractivity contribution in [2.24, 2.45) is 10.1 Å². The van der Waals surface area contributed by atoms with E-state index in [1.807, 2.05) is 61.7 Å². The fraction of sp³-hybridized carbons (Fsp3) is 0.182. The predicted octanol–water partition coefficient (Wildman–Crippen LogP) is 5.86. The Hall–Kier alpha value is -2.79. The molecule has 0 atom stereocenters. The second-order valence-corrected chi connectivity index (χ2v) is 6.92. The Morgan fingerprint density at radius 3 is 2.78 bits per heavy atom. The first-order valence-electron chi connectivity index (χ1n) is 8.57. The van der Waals surface area contributed by atoms with Crippen LogP contribution in [-0.4, -0.2) is 24.0 Å². The molecule has 2 aromatic rings. The molecule has 5 heteroatoms. The number of allylic oxidation sites excluding steroid dienone is 4. The monoisotopic (exact) mass is 381 g/mol. The largest absolute Gasteiger partial charge is 0.297 e. The van der Waals surface area contributed by atoms with E-state index < -0.39 is 0 Å². The van der Waals surface area contributed by atoms with Gasteiger partial charge in [0.15, 0.2) is 0 Å². The van der Waals surface area contributed by atoms with Crippen LogP contribution in [0.4, 0.5) is 4.39 Å². The van der Waals surface area contributed by atoms with Crippen LogP contribution in [0.1, 0.15) is 22.9 Å². The summed E-state index contributed by atoms with van der Waals surface area (Å²) in [5.41, 5.74) is 3.13. The lowest BCUT2D eigenvalue weighted by molar-refractivity contribution is 0.406. The number of thiophene rings is 1. The highest BCUT2D eigenvalue weighted by molar-refractivity contribution is 7.11. The normalized spacial score (nSPS) is 12.5. The SMILES string of the molecule is C=C(c1cccs1)N(Cc1cc(C)ccc1F)/N=C(C)/C=C/C=C\C=N/C. The van der Waals surface area contributed by atoms with Gasteiger partial charge in [0, 0.05) is 18.8 Å². The third-order valence-corrected chi connectivity index (χ3v) is 4.63. The Morgan fingerprint density at radius 2 is 2.07 bits per heavy atom. The number of hydrogen-bond acceptors (Lipinski definition) is 4. The average Bonchev–Trinajstić information content (AvgIpc) is 3.18. The summed E-state index contributed by atoms with van der Waals surface area (Å²) >= 11 is 1.58. The lowest BCUT2D eigenvalue weighted by atomic mass is 10.1. The predicted molar refractivity (Wildman–Crippen MR) is 116 cm³/mol. The van der Waals surface area contributed by atoms with Crippen molar-refractivity contribution in [1.82, 2.24) is 5.01 Å². The average molecular weight is 382 g/mol. The van der Waals surface area contributed by atoms with E-state index in [2.05, 4.69) is 16.7 Å². The lowest BCUT2D eigenvalue weighted by Crippen LogP contribution is -2.17. The maximum atomic E-state index is 14.3. The molecule has 1 heterocycles. The summed E-state index contributed by atoms with van der Waals surface area (Å²) < 4.78 is 14.3. The van der Waals surface area contributed by atoms with Crippen molar-refractivity contribution in [3.63, 3.8) is 0 Å². The summed E-state index contributed by atoms with van der Waals surface area (Å²) in [5.74, 6) is -0.241. The van der Waals surface area contributed by atoms with E-state index in [1.165, 1.54) is 6.07 Å². The molecule has 0 aliphatic heterocycles. The summed E-state index contributed by atoms with van der Waals surface area (Å²) in [7, 11) is 1.72. The number of halogens is 1. The zero-order chi connectivity index (χ0) is 19.6. The molecule has 27 heavy (non-hydrogen) atoms. The van der Waals surface area contributed by atoms with Crippen LogP contribution >= 0.6 is 11.3 Å². The van der Waals surface area contributed by atoms with Crippen molar-refractivity contribution in [3.05, 3.63) is 88.4 Å². The highest BCUT2D eigenvalue weighted by atomic mass is 32.1. The quantitative estimate of drug-likeness (QED) is 0.320. The van der Waals surface area contributed by atoms with E-state index in [1.54, 1.807) is 35.7 Å². The van der Waals surface area contributed by atoms with Gasteiger partial charge in [-0.05, 0) is 43.5 Å². The molecule has 0 saturated heterocycles. The van der Waals surface area contributed by atoms with Gasteiger partial charge in [0.1, 0.15) is 5.82 Å². The second-order valence-electron chi connectivity index (χ2n) is 5.97. The van der Waals surface area contributed by atoms with Crippen LogP contribution in [0, 0.1) is 12.7 Å². The van der Waals surface area contributed by atoms with E-state index in [4.69, 9.17) is 0 Å². The van der Waals surface area contributed by atoms with E-state index in [0.29, 0.717) is 12.1 Å². The molecule has 0 saturated carbocycles. The minimum Gasteiger partial charge on any atom is -0.297 e. The number of nitrogens with zero attached hydrogens (tertiary/aromatic N) is 3. The molecule has 0 bridgehead atoms. The molecule has 3 nitrogen and oxygen atoms in total. The molecule has 1 aromatic heterocycles. The van der Waals surface area contributed by atoms with Crippen molar-refractivity contribution < 1.29 is 4.39 Å². The van der Waals surface area contributed by atoms with Gasteiger partial charge in [0.05, 0.1) is 22.8 Å². The highest BCUT2D eigenvalue weighted by Gasteiger charge is 2.13. The van der Waals surface area contributed by atoms with Crippen molar-refractivity contribution in [3.8, 4) is 0 Å². The molecule has 0 amide bonds. The first-order valence-corrected chi connectivity index (χ1v) is 9.45. The number of aliphatic imine (C=N–C) groups is 1. The standard InChI is InChI=1S/C22H24FN3S/c1-17-11-12-21(23)20(15-17)16-26(19(3)22-10-8-14-27-22)25-18(2)9-6-5-7-13-24-4/h5-15H,3,16H2,1-2,4H3/b7-5-,9-6+,24-13-,25-18+. The molecule has 0 aliphatic rings. The smallest absolute Gasteiger partial charge is 0.128 e. The summed E-state index contributed by atoms with van der Waals surface area (Å²) in [6, 6.07) is 9.05. The number of hydrazone groups is 1. The van der Waals surface area contributed by atoms with Crippen LogP contribution in [0.2, 0.25) is 0 Å². The molecule has 0 aliphatic carbocycles. The van der Waals surface area contributed by atoms with Gasteiger partial charge in [-0.25, -0.2) is 4.39 Å². The molecule has 0 spiro atoms. The molecular weight excluding hydrogens is 357 g/mol. The summed E-state index contributed by atoms with van der Waals surface area (Å²) in [6.07, 6.45) is 9.21. The maximum absolute atomic E-state index is 14.3. The molecule has 140 valence electrons. The molecule has 0 N–H and O–H groups in total. The maximum Gasteiger partial charge on any atom is 0.128 e. The number of aryl methyl sites for hydroxylation is 1. The molecule has 0 radical (unpaired) electrons. The van der Waals surface area contributed by atoms with Crippen molar-refractivity contribution in [2.45, 2.75) is 20.4 Å². The van der Waals surface area contributed by atoms with Crippen LogP contribution in [0.3, 0.4) is 0 Å². The van der Waals surface area contributed by atoms with Gasteiger partial charge in [0.2, 0.25) is 0 Å². The summed E-state index contributed by atoms with van der Waals surface area (Å²) in [4.78, 5) is 4.89. The van der Waals surface area contributed by atoms with Crippen LogP contribution in [-0.2, 0) is 6.54 Å². The van der Waals surface area contributed by atoms with Crippen LogP contribution in [0.5, 0.6) is 0 Å². The van der Waals surface area contributed by atoms with Crippen molar-refractivity contribution in [2.75, 3.05) is 7.05 Å². The molecule has 1 aromatic carbocycles. The topological polar surface area (TPSA) is 28.0 Å². The first kappa shape index (κ1) is 20.5. The van der Waals surface area contributed by atoms with Gasteiger partial charge in [-0.1, -0.05) is 42.5 Å². The zero-order valence-electron chi connectivity index (χ0n) is 15.9. The molecular formula is C22H24FN3S. The lowest BCUT2D eigenvalue weighted by Gasteiger charge is -2.22. The Morgan fingerprint density at radius 1 is 1.26 bits per heavy atom. The fourth-order valence-electron chi connectivity index (χ4n) is 2.37. The van der Waals surface area contributed by atoms with Gasteiger partial charge in [0.25, 0.3) is 0 Å². The third kappa shape index (κ3) is 6.46. The van der Waals surface area contributed by atoms with Gasteiger partial charge >= 0.3 is 0 Å². The zero-order valence-corrected chi connectivity index (χ0v) is 16.7. The summed E-state index contributed by atoms with van der Waals surface area (Å²) in [5, 5.41) is 8.39. The van der Waals surface area contributed by atoms with E-state index in [9.17, 15) is 4.39 Å². The van der Waals surface area contributed by atoms with Crippen LogP contribution < -0.4 is 0 Å². The Bertz CT molecular complexity index is 877. The van der Waals surface area contributed by atoms with Gasteiger partial charge in [-0.2, -0.15) is 5.10 Å². The van der Waals surface area contributed by atoms with Crippen LogP contribution in [0.25, 0.3) is 5.70 Å². The third-order valence-electron chi connectivity index (χ3n) is 3.71. The fourth-order valence-corrected chi connectivity index (χ4v) is 3.07. The minimum atomic E-state index is -0.241. The highest BCUT2D eigenvalue weighted by Crippen LogP contribution is 2.25. The van der Waals surface area contributed by atoms with Gasteiger partial charge < -0.3 is 0 Å². The minimum absolute atomic E-state index is 0.241. The molecule has 0 unspecified atom stereocenters. The van der Waals surface area contributed by atoms with Crippen LogP contribution in [0.15, 0.2) is 76.7 Å². The Labute approximate surface area is 164 Å². The Kier molecular flexibility index (Phi) is 7.89. The second kappa shape index (κ2) is 10.4. The molecule has 0 fully saturated rings. The first-order chi connectivity index (χ1) is 13.0. The number of benzene rings is 1. The molecule has 2 rings (SSSR count). The van der Waals surface area contributed by atoms with Crippen molar-refractivity contribution >= 4 is 29.0 Å². The van der Waals surface area contributed by atoms with E-state index in [0.717, 1.165) is 21.8 Å². The van der Waals surface area contributed by atoms with E-state index in [-0.39, 0.29) is 5.82 Å². The number of rotatable bonds is 8. The number of hydrogen-bond donors (Lipinski definition) is 0. The summed E-state index contributed by atoms with van der Waals surface area (Å²) in [6.45, 7) is 8.34. The van der Waals surface area contributed by atoms with Gasteiger partial charge in [-0.3, -0.25) is 10.0 Å². The van der Waals surface area contributed by atoms with Gasteiger partial charge in [-0.15, -0.1) is 11.3 Å². The van der Waals surface area contributed by atoms with E-state index >= 15 is 0 Å².